The van der Waals surface area contributed by atoms with E-state index in [2.05, 4.69) is 15.0 Å². The van der Waals surface area contributed by atoms with Crippen LogP contribution in [0.5, 0.6) is 0 Å². The number of sulfonamides is 1. The van der Waals surface area contributed by atoms with Crippen molar-refractivity contribution in [1.82, 2.24) is 9.62 Å². The van der Waals surface area contributed by atoms with Crippen LogP contribution in [0.4, 0.5) is 10.5 Å². The molecule has 0 atom stereocenters. The summed E-state index contributed by atoms with van der Waals surface area (Å²) in [6.45, 7) is 1.64. The molecule has 0 spiro atoms. The molecule has 8 nitrogen and oxygen atoms in total. The third-order valence-corrected chi connectivity index (χ3v) is 6.78. The van der Waals surface area contributed by atoms with Crippen LogP contribution >= 0.6 is 11.8 Å². The number of hydrogen-bond donors (Lipinski definition) is 2. The first-order valence-electron chi connectivity index (χ1n) is 9.32. The zero-order chi connectivity index (χ0) is 20.0. The normalized spacial score (nSPS) is 17.8. The third-order valence-electron chi connectivity index (χ3n) is 4.51. The van der Waals surface area contributed by atoms with Gasteiger partial charge in [0.25, 0.3) is 15.3 Å². The van der Waals surface area contributed by atoms with E-state index in [1.54, 1.807) is 17.0 Å². The monoisotopic (exact) mass is 424 g/mol. The summed E-state index contributed by atoms with van der Waals surface area (Å²) in [5.74, 6) is 0.971. The van der Waals surface area contributed by atoms with Crippen molar-refractivity contribution in [1.29, 1.82) is 0 Å². The van der Waals surface area contributed by atoms with E-state index >= 15 is 0 Å². The van der Waals surface area contributed by atoms with Gasteiger partial charge >= 0.3 is 0 Å². The number of amidine groups is 1. The van der Waals surface area contributed by atoms with Gasteiger partial charge in [0.1, 0.15) is 5.84 Å². The second-order valence-corrected chi connectivity index (χ2v) is 9.40. The average Bonchev–Trinajstić information content (AvgIpc) is 2.90. The summed E-state index contributed by atoms with van der Waals surface area (Å²) >= 11 is 1.25. The van der Waals surface area contributed by atoms with Crippen LogP contribution in [0.3, 0.4) is 0 Å². The van der Waals surface area contributed by atoms with E-state index in [4.69, 9.17) is 0 Å². The van der Waals surface area contributed by atoms with E-state index in [1.165, 1.54) is 23.9 Å². The van der Waals surface area contributed by atoms with Gasteiger partial charge in [0.15, 0.2) is 0 Å². The summed E-state index contributed by atoms with van der Waals surface area (Å²) in [6.07, 6.45) is 3.70. The first-order valence-corrected chi connectivity index (χ1v) is 11.8. The number of amides is 2. The quantitative estimate of drug-likeness (QED) is 0.729. The van der Waals surface area contributed by atoms with Gasteiger partial charge in [0, 0.05) is 43.9 Å². The average molecular weight is 425 g/mol. The summed E-state index contributed by atoms with van der Waals surface area (Å²) in [5, 5.41) is 2.69. The molecule has 0 radical (unpaired) electrons. The Balaban J connectivity index is 1.60. The molecule has 1 fully saturated rings. The maximum Gasteiger partial charge on any atom is 0.281 e. The fraction of sp³-hybridized carbons (Fsp3) is 0.500. The molecule has 0 aromatic heterocycles. The summed E-state index contributed by atoms with van der Waals surface area (Å²) in [4.78, 5) is 29.7. The number of hydrogen-bond acceptors (Lipinski definition) is 6. The summed E-state index contributed by atoms with van der Waals surface area (Å²) in [5.41, 5.74) is 0.401. The van der Waals surface area contributed by atoms with Crippen molar-refractivity contribution in [2.75, 3.05) is 30.7 Å². The molecule has 3 rings (SSSR count). The first-order chi connectivity index (χ1) is 13.4. The van der Waals surface area contributed by atoms with Crippen LogP contribution in [0.1, 0.15) is 32.1 Å². The van der Waals surface area contributed by atoms with Crippen LogP contribution in [0, 0.1) is 0 Å². The lowest BCUT2D eigenvalue weighted by atomic mass is 10.2. The molecular formula is C18H24N4O4S2. The second-order valence-electron chi connectivity index (χ2n) is 6.67. The number of thioether (sulfide) groups is 1. The van der Waals surface area contributed by atoms with Crippen LogP contribution in [0.2, 0.25) is 0 Å². The van der Waals surface area contributed by atoms with Crippen LogP contribution < -0.4 is 10.0 Å². The van der Waals surface area contributed by atoms with Crippen molar-refractivity contribution < 1.29 is 18.0 Å². The van der Waals surface area contributed by atoms with E-state index in [1.807, 2.05) is 0 Å². The molecule has 1 saturated heterocycles. The lowest BCUT2D eigenvalue weighted by molar-refractivity contribution is -0.116. The van der Waals surface area contributed by atoms with Crippen molar-refractivity contribution in [3.05, 3.63) is 24.3 Å². The van der Waals surface area contributed by atoms with E-state index < -0.39 is 10.0 Å². The van der Waals surface area contributed by atoms with Gasteiger partial charge in [-0.05, 0) is 31.0 Å². The van der Waals surface area contributed by atoms with Gasteiger partial charge in [-0.1, -0.05) is 24.2 Å². The fourth-order valence-electron chi connectivity index (χ4n) is 3.00. The standard InChI is InChI=1S/C18H24N4O4S2/c23-17(8-10-22-11-12-27-18(22)24)20-14-5-4-6-15(13-14)28(25,26)21-16-7-2-1-3-9-19-16/h4-6,13H,1-3,7-12H2,(H,19,21)(H,20,23). The van der Waals surface area contributed by atoms with E-state index in [-0.39, 0.29) is 22.5 Å². The van der Waals surface area contributed by atoms with Crippen molar-refractivity contribution in [2.24, 2.45) is 4.99 Å². The van der Waals surface area contributed by atoms with Gasteiger partial charge in [-0.2, -0.15) is 0 Å². The Morgan fingerprint density at radius 2 is 2.11 bits per heavy atom. The van der Waals surface area contributed by atoms with Crippen molar-refractivity contribution >= 4 is 44.5 Å². The predicted octanol–water partition coefficient (Wildman–Crippen LogP) is 2.43. The number of benzene rings is 1. The van der Waals surface area contributed by atoms with Crippen LogP contribution in [0.25, 0.3) is 0 Å². The fourth-order valence-corrected chi connectivity index (χ4v) is 4.99. The molecule has 2 heterocycles. The molecule has 28 heavy (non-hydrogen) atoms. The molecule has 10 heteroatoms. The maximum atomic E-state index is 12.6. The number of anilines is 1. The number of aliphatic imine (C=N–C) groups is 1. The Morgan fingerprint density at radius 1 is 1.25 bits per heavy atom. The number of rotatable bonds is 6. The molecule has 2 N–H and O–H groups in total. The third kappa shape index (κ3) is 5.71. The van der Waals surface area contributed by atoms with Crippen LogP contribution in [0.15, 0.2) is 34.2 Å². The minimum atomic E-state index is -3.75. The van der Waals surface area contributed by atoms with Crippen LogP contribution in [-0.4, -0.2) is 55.7 Å². The molecule has 1 aromatic rings. The van der Waals surface area contributed by atoms with Crippen molar-refractivity contribution in [3.63, 3.8) is 0 Å². The van der Waals surface area contributed by atoms with Crippen molar-refractivity contribution in [2.45, 2.75) is 37.0 Å². The molecule has 2 amide bonds. The topological polar surface area (TPSA) is 108 Å². The van der Waals surface area contributed by atoms with Crippen molar-refractivity contribution in [3.8, 4) is 0 Å². The molecular weight excluding hydrogens is 400 g/mol. The highest BCUT2D eigenvalue weighted by Gasteiger charge is 2.22. The smallest absolute Gasteiger partial charge is 0.281 e. The van der Waals surface area contributed by atoms with Gasteiger partial charge in [-0.15, -0.1) is 0 Å². The number of nitrogens with one attached hydrogen (secondary N) is 2. The molecule has 0 saturated carbocycles. The number of nitrogens with zero attached hydrogens (tertiary/aromatic N) is 2. The molecule has 0 unspecified atom stereocenters. The van der Waals surface area contributed by atoms with Gasteiger partial charge in [0.2, 0.25) is 5.91 Å². The lowest BCUT2D eigenvalue weighted by Gasteiger charge is -2.14. The summed E-state index contributed by atoms with van der Waals surface area (Å²) < 4.78 is 27.8. The van der Waals surface area contributed by atoms with E-state index in [0.29, 0.717) is 37.6 Å². The zero-order valence-electron chi connectivity index (χ0n) is 15.5. The number of carbonyl (C=O) groups excluding carboxylic acids is 2. The predicted molar refractivity (Wildman–Crippen MR) is 110 cm³/mol. The van der Waals surface area contributed by atoms with Crippen LogP contribution in [-0.2, 0) is 14.8 Å². The zero-order valence-corrected chi connectivity index (χ0v) is 17.2. The Labute approximate surface area is 169 Å². The summed E-state index contributed by atoms with van der Waals surface area (Å²) in [7, 11) is -3.75. The van der Waals surface area contributed by atoms with Gasteiger partial charge in [-0.3, -0.25) is 19.3 Å². The molecule has 152 valence electrons. The highest BCUT2D eigenvalue weighted by Crippen LogP contribution is 2.19. The Morgan fingerprint density at radius 3 is 2.89 bits per heavy atom. The van der Waals surface area contributed by atoms with Gasteiger partial charge in [0.05, 0.1) is 4.90 Å². The summed E-state index contributed by atoms with van der Waals surface area (Å²) in [6, 6.07) is 6.13. The van der Waals surface area contributed by atoms with E-state index in [0.717, 1.165) is 25.0 Å². The minimum absolute atomic E-state index is 0.00612. The Hall–Kier alpha value is -2.07. The highest BCUT2D eigenvalue weighted by molar-refractivity contribution is 8.13. The molecule has 0 bridgehead atoms. The molecule has 0 aliphatic carbocycles. The minimum Gasteiger partial charge on any atom is -0.332 e. The number of carbonyl (C=O) groups is 2. The first kappa shape index (κ1) is 20.7. The molecule has 2 aliphatic rings. The SMILES string of the molecule is O=C(CCN1CCSC1=O)Nc1cccc(S(=O)(=O)NC2=NCCCCC2)c1. The lowest BCUT2D eigenvalue weighted by Crippen LogP contribution is -2.30. The molecule has 2 aliphatic heterocycles. The Bertz CT molecular complexity index is 870. The van der Waals surface area contributed by atoms with Gasteiger partial charge in [-0.25, -0.2) is 8.42 Å². The largest absolute Gasteiger partial charge is 0.332 e. The highest BCUT2D eigenvalue weighted by atomic mass is 32.2. The molecule has 1 aromatic carbocycles. The van der Waals surface area contributed by atoms with Gasteiger partial charge < -0.3 is 10.2 Å². The second kappa shape index (κ2) is 9.42. The maximum absolute atomic E-state index is 12.6. The Kier molecular flexibility index (Phi) is 6.95. The van der Waals surface area contributed by atoms with E-state index in [9.17, 15) is 18.0 Å².